The summed E-state index contributed by atoms with van der Waals surface area (Å²) in [6.07, 6.45) is 1.36. The zero-order valence-corrected chi connectivity index (χ0v) is 12.8. The van der Waals surface area contributed by atoms with Crippen LogP contribution >= 0.6 is 0 Å². The Morgan fingerprint density at radius 1 is 1.19 bits per heavy atom. The molecule has 0 spiro atoms. The predicted octanol–water partition coefficient (Wildman–Crippen LogP) is 3.54. The van der Waals surface area contributed by atoms with Crippen LogP contribution in [0.3, 0.4) is 0 Å². The van der Waals surface area contributed by atoms with Crippen molar-refractivity contribution < 1.29 is 9.47 Å². The minimum Gasteiger partial charge on any atom is -0.497 e. The second-order valence-corrected chi connectivity index (χ2v) is 5.62. The van der Waals surface area contributed by atoms with Gasteiger partial charge in [0.05, 0.1) is 13.2 Å². The number of fused-ring (bicyclic) bond motifs is 1. The first-order valence-corrected chi connectivity index (χ1v) is 7.72. The van der Waals surface area contributed by atoms with Crippen LogP contribution in [0.15, 0.2) is 36.4 Å². The Labute approximate surface area is 126 Å². The Hall–Kier alpha value is -1.58. The zero-order valence-electron chi connectivity index (χ0n) is 12.8. The van der Waals surface area contributed by atoms with Gasteiger partial charge in [0.2, 0.25) is 0 Å². The van der Waals surface area contributed by atoms with Crippen molar-refractivity contribution in [3.05, 3.63) is 42.0 Å². The van der Waals surface area contributed by atoms with Crippen LogP contribution in [0, 0.1) is 5.92 Å². The molecule has 1 fully saturated rings. The molecule has 112 valence electrons. The maximum atomic E-state index is 5.98. The van der Waals surface area contributed by atoms with Crippen LogP contribution in [0.4, 0.5) is 0 Å². The fourth-order valence-electron chi connectivity index (χ4n) is 3.09. The van der Waals surface area contributed by atoms with Crippen molar-refractivity contribution in [2.45, 2.75) is 19.4 Å². The van der Waals surface area contributed by atoms with E-state index in [2.05, 4.69) is 42.6 Å². The van der Waals surface area contributed by atoms with E-state index >= 15 is 0 Å². The average Bonchev–Trinajstić information content (AvgIpc) is 3.00. The van der Waals surface area contributed by atoms with Gasteiger partial charge in [-0.05, 0) is 47.5 Å². The molecule has 3 heteroatoms. The first-order chi connectivity index (χ1) is 10.3. The predicted molar refractivity (Wildman–Crippen MR) is 85.8 cm³/mol. The van der Waals surface area contributed by atoms with E-state index < -0.39 is 0 Å². The van der Waals surface area contributed by atoms with Gasteiger partial charge in [-0.3, -0.25) is 0 Å². The molecule has 0 amide bonds. The molecule has 1 aliphatic heterocycles. The van der Waals surface area contributed by atoms with Gasteiger partial charge >= 0.3 is 0 Å². The van der Waals surface area contributed by atoms with Crippen molar-refractivity contribution in [2.24, 2.45) is 5.92 Å². The van der Waals surface area contributed by atoms with E-state index in [-0.39, 0.29) is 6.10 Å². The summed E-state index contributed by atoms with van der Waals surface area (Å²) in [6, 6.07) is 12.8. The molecule has 2 aromatic rings. The summed E-state index contributed by atoms with van der Waals surface area (Å²) >= 11 is 0. The maximum absolute atomic E-state index is 5.98. The Balaban J connectivity index is 1.86. The molecule has 1 N–H and O–H groups in total. The summed E-state index contributed by atoms with van der Waals surface area (Å²) in [4.78, 5) is 0. The summed E-state index contributed by atoms with van der Waals surface area (Å²) in [7, 11) is 1.70. The van der Waals surface area contributed by atoms with Crippen LogP contribution in [0.1, 0.15) is 25.0 Å². The molecule has 0 saturated carbocycles. The summed E-state index contributed by atoms with van der Waals surface area (Å²) in [5.74, 6) is 1.47. The number of nitrogens with one attached hydrogen (secondary N) is 1. The maximum Gasteiger partial charge on any atom is 0.119 e. The lowest BCUT2D eigenvalue weighted by Gasteiger charge is -2.19. The molecular formula is C18H23NO2. The summed E-state index contributed by atoms with van der Waals surface area (Å²) < 4.78 is 11.3. The standard InChI is InChI=1S/C18H23NO2/c1-3-19-12-16-8-9-21-18(16)15-5-4-14-11-17(20-2)7-6-13(14)10-15/h4-7,10-11,16,18-19H,3,8-9,12H2,1-2H3. The molecule has 3 nitrogen and oxygen atoms in total. The molecular weight excluding hydrogens is 262 g/mol. The van der Waals surface area contributed by atoms with Crippen molar-refractivity contribution in [3.8, 4) is 5.75 Å². The number of rotatable bonds is 5. The van der Waals surface area contributed by atoms with Gasteiger partial charge in [-0.25, -0.2) is 0 Å². The molecule has 0 bridgehead atoms. The van der Waals surface area contributed by atoms with Gasteiger partial charge < -0.3 is 14.8 Å². The van der Waals surface area contributed by atoms with Crippen molar-refractivity contribution in [2.75, 3.05) is 26.8 Å². The van der Waals surface area contributed by atoms with Crippen molar-refractivity contribution >= 4 is 10.8 Å². The molecule has 0 aliphatic carbocycles. The first kappa shape index (κ1) is 14.4. The van der Waals surface area contributed by atoms with Crippen LogP contribution in [0.2, 0.25) is 0 Å². The van der Waals surface area contributed by atoms with Gasteiger partial charge in [0.1, 0.15) is 5.75 Å². The number of methoxy groups -OCH3 is 1. The van der Waals surface area contributed by atoms with Crippen molar-refractivity contribution in [3.63, 3.8) is 0 Å². The fourth-order valence-corrected chi connectivity index (χ4v) is 3.09. The molecule has 1 heterocycles. The van der Waals surface area contributed by atoms with Crippen LogP contribution in [0.5, 0.6) is 5.75 Å². The molecule has 2 atom stereocenters. The molecule has 2 aromatic carbocycles. The highest BCUT2D eigenvalue weighted by molar-refractivity contribution is 5.84. The van der Waals surface area contributed by atoms with Crippen LogP contribution in [0.25, 0.3) is 10.8 Å². The van der Waals surface area contributed by atoms with Crippen LogP contribution < -0.4 is 10.1 Å². The third-order valence-corrected chi connectivity index (χ3v) is 4.27. The number of benzene rings is 2. The molecule has 0 aromatic heterocycles. The van der Waals surface area contributed by atoms with E-state index in [0.29, 0.717) is 5.92 Å². The normalized spacial score (nSPS) is 21.8. The van der Waals surface area contributed by atoms with Gasteiger partial charge in [-0.15, -0.1) is 0 Å². The smallest absolute Gasteiger partial charge is 0.119 e. The summed E-state index contributed by atoms with van der Waals surface area (Å²) in [5, 5.41) is 5.90. The van der Waals surface area contributed by atoms with Gasteiger partial charge in [-0.1, -0.05) is 25.1 Å². The SMILES string of the molecule is CCNCC1CCOC1c1ccc2cc(OC)ccc2c1. The highest BCUT2D eigenvalue weighted by Crippen LogP contribution is 2.35. The highest BCUT2D eigenvalue weighted by atomic mass is 16.5. The Morgan fingerprint density at radius 2 is 2.00 bits per heavy atom. The van der Waals surface area contributed by atoms with Gasteiger partial charge in [0, 0.05) is 19.1 Å². The van der Waals surface area contributed by atoms with Gasteiger partial charge in [0.15, 0.2) is 0 Å². The first-order valence-electron chi connectivity index (χ1n) is 7.72. The van der Waals surface area contributed by atoms with Crippen LogP contribution in [-0.2, 0) is 4.74 Å². The van der Waals surface area contributed by atoms with E-state index in [4.69, 9.17) is 9.47 Å². The Bertz CT molecular complexity index is 611. The lowest BCUT2D eigenvalue weighted by atomic mass is 9.93. The molecule has 1 saturated heterocycles. The molecule has 0 radical (unpaired) electrons. The lowest BCUT2D eigenvalue weighted by Crippen LogP contribution is -2.24. The van der Waals surface area contributed by atoms with Crippen molar-refractivity contribution in [1.29, 1.82) is 0 Å². The highest BCUT2D eigenvalue weighted by Gasteiger charge is 2.29. The Morgan fingerprint density at radius 3 is 2.81 bits per heavy atom. The number of hydrogen-bond donors (Lipinski definition) is 1. The zero-order chi connectivity index (χ0) is 14.7. The molecule has 1 aliphatic rings. The Kier molecular flexibility index (Phi) is 4.42. The van der Waals surface area contributed by atoms with E-state index in [1.54, 1.807) is 7.11 Å². The monoisotopic (exact) mass is 285 g/mol. The van der Waals surface area contributed by atoms with Gasteiger partial charge in [-0.2, -0.15) is 0 Å². The van der Waals surface area contributed by atoms with E-state index in [0.717, 1.165) is 31.9 Å². The largest absolute Gasteiger partial charge is 0.497 e. The van der Waals surface area contributed by atoms with Gasteiger partial charge in [0.25, 0.3) is 0 Å². The van der Waals surface area contributed by atoms with E-state index in [9.17, 15) is 0 Å². The summed E-state index contributed by atoms with van der Waals surface area (Å²) in [5.41, 5.74) is 1.29. The number of ether oxygens (including phenoxy) is 2. The topological polar surface area (TPSA) is 30.5 Å². The third-order valence-electron chi connectivity index (χ3n) is 4.27. The van der Waals surface area contributed by atoms with Crippen LogP contribution in [-0.4, -0.2) is 26.8 Å². The van der Waals surface area contributed by atoms with E-state index in [1.807, 2.05) is 6.07 Å². The minimum absolute atomic E-state index is 0.218. The fraction of sp³-hybridized carbons (Fsp3) is 0.444. The minimum atomic E-state index is 0.218. The summed E-state index contributed by atoms with van der Waals surface area (Å²) in [6.45, 7) is 5.05. The second kappa shape index (κ2) is 6.46. The third kappa shape index (κ3) is 3.04. The quantitative estimate of drug-likeness (QED) is 0.911. The second-order valence-electron chi connectivity index (χ2n) is 5.62. The molecule has 3 rings (SSSR count). The number of hydrogen-bond acceptors (Lipinski definition) is 3. The average molecular weight is 285 g/mol. The molecule has 21 heavy (non-hydrogen) atoms. The lowest BCUT2D eigenvalue weighted by molar-refractivity contribution is 0.0907. The van der Waals surface area contributed by atoms with E-state index in [1.165, 1.54) is 16.3 Å². The molecule has 2 unspecified atom stereocenters. The van der Waals surface area contributed by atoms with Crippen molar-refractivity contribution in [1.82, 2.24) is 5.32 Å².